The number of aromatic nitrogens is 1. The van der Waals surface area contributed by atoms with Crippen LogP contribution < -0.4 is 5.32 Å². The minimum absolute atomic E-state index is 0.183. The lowest BCUT2D eigenvalue weighted by Crippen LogP contribution is -2.41. The largest absolute Gasteiger partial charge is 0.480 e. The Bertz CT molecular complexity index is 941. The maximum absolute atomic E-state index is 12.9. The van der Waals surface area contributed by atoms with E-state index < -0.39 is 17.9 Å². The number of rotatable bonds is 5. The number of fused-ring (bicyclic) bond motifs is 2. The third-order valence-corrected chi connectivity index (χ3v) is 3.97. The van der Waals surface area contributed by atoms with Gasteiger partial charge in [0.05, 0.1) is 16.6 Å². The molecule has 0 spiro atoms. The van der Waals surface area contributed by atoms with Gasteiger partial charge in [-0.2, -0.15) is 0 Å². The van der Waals surface area contributed by atoms with Gasteiger partial charge in [-0.1, -0.05) is 42.0 Å². The Morgan fingerprint density at radius 1 is 1.08 bits per heavy atom. The van der Waals surface area contributed by atoms with Crippen molar-refractivity contribution in [3.8, 4) is 0 Å². The highest BCUT2D eigenvalue weighted by Crippen LogP contribution is 2.26. The Morgan fingerprint density at radius 2 is 1.60 bits per heavy atom. The number of nitrogens with zero attached hydrogens (tertiary/aromatic N) is 1. The van der Waals surface area contributed by atoms with Crippen LogP contribution in [0.1, 0.15) is 23.7 Å². The monoisotopic (exact) mass is 334 g/mol. The Balaban J connectivity index is 2.13. The highest BCUT2D eigenvalue weighted by atomic mass is 16.4. The number of amides is 1. The standard InChI is InChI=1S/C20H18N2O3/c1-12(2)11-17(20(24)25)22-19(23)18-13-7-3-5-9-15(13)21-16-10-6-4-8-14(16)18/h3-10,17H,1,11H2,2H3,(H,22,23)(H,24,25)/t17-/m0/s1. The number of hydrogen-bond acceptors (Lipinski definition) is 3. The van der Waals surface area contributed by atoms with Crippen molar-refractivity contribution in [2.24, 2.45) is 0 Å². The number of nitrogens with one attached hydrogen (secondary N) is 1. The number of carbonyl (C=O) groups is 2. The molecule has 2 N–H and O–H groups in total. The van der Waals surface area contributed by atoms with Crippen molar-refractivity contribution in [3.05, 3.63) is 66.2 Å². The van der Waals surface area contributed by atoms with E-state index in [2.05, 4.69) is 16.9 Å². The summed E-state index contributed by atoms with van der Waals surface area (Å²) in [7, 11) is 0. The fourth-order valence-electron chi connectivity index (χ4n) is 2.86. The van der Waals surface area contributed by atoms with Crippen LogP contribution in [0, 0.1) is 0 Å². The number of para-hydroxylation sites is 2. The predicted molar refractivity (Wildman–Crippen MR) is 97.6 cm³/mol. The Labute approximate surface area is 145 Å². The molecule has 0 unspecified atom stereocenters. The normalized spacial score (nSPS) is 12.0. The van der Waals surface area contributed by atoms with Crippen LogP contribution in [0.4, 0.5) is 0 Å². The van der Waals surface area contributed by atoms with E-state index in [1.54, 1.807) is 6.92 Å². The van der Waals surface area contributed by atoms with Crippen LogP contribution in [-0.4, -0.2) is 28.0 Å². The molecule has 5 heteroatoms. The molecule has 0 aliphatic heterocycles. The molecule has 126 valence electrons. The minimum Gasteiger partial charge on any atom is -0.480 e. The molecule has 0 bridgehead atoms. The second kappa shape index (κ2) is 6.73. The van der Waals surface area contributed by atoms with Crippen LogP contribution in [0.15, 0.2) is 60.7 Å². The molecule has 0 radical (unpaired) electrons. The van der Waals surface area contributed by atoms with E-state index in [1.807, 2.05) is 48.5 Å². The predicted octanol–water partition coefficient (Wildman–Crippen LogP) is 3.54. The Morgan fingerprint density at radius 3 is 2.08 bits per heavy atom. The molecule has 0 saturated heterocycles. The summed E-state index contributed by atoms with van der Waals surface area (Å²) < 4.78 is 0. The number of benzene rings is 2. The van der Waals surface area contributed by atoms with Crippen LogP contribution in [-0.2, 0) is 4.79 Å². The van der Waals surface area contributed by atoms with Crippen LogP contribution >= 0.6 is 0 Å². The summed E-state index contributed by atoms with van der Waals surface area (Å²) in [4.78, 5) is 29.0. The van der Waals surface area contributed by atoms with E-state index in [9.17, 15) is 14.7 Å². The highest BCUT2D eigenvalue weighted by molar-refractivity contribution is 6.16. The van der Waals surface area contributed by atoms with Gasteiger partial charge < -0.3 is 10.4 Å². The topological polar surface area (TPSA) is 79.3 Å². The molecule has 5 nitrogen and oxygen atoms in total. The first-order valence-corrected chi connectivity index (χ1v) is 7.93. The zero-order valence-electron chi connectivity index (χ0n) is 13.8. The summed E-state index contributed by atoms with van der Waals surface area (Å²) in [5.41, 5.74) is 2.52. The number of carboxylic acid groups (broad SMARTS) is 1. The average molecular weight is 334 g/mol. The molecule has 0 aliphatic carbocycles. The second-order valence-corrected chi connectivity index (χ2v) is 6.05. The summed E-state index contributed by atoms with van der Waals surface area (Å²) in [5.74, 6) is -1.51. The molecule has 1 aromatic heterocycles. The Hall–Kier alpha value is -3.21. The van der Waals surface area contributed by atoms with E-state index in [0.717, 1.165) is 0 Å². The highest BCUT2D eigenvalue weighted by Gasteiger charge is 2.23. The van der Waals surface area contributed by atoms with E-state index in [1.165, 1.54) is 0 Å². The fraction of sp³-hybridized carbons (Fsp3) is 0.150. The van der Waals surface area contributed by atoms with Crippen molar-refractivity contribution in [1.82, 2.24) is 10.3 Å². The van der Waals surface area contributed by atoms with Crippen molar-refractivity contribution in [2.75, 3.05) is 0 Å². The van der Waals surface area contributed by atoms with Gasteiger partial charge in [-0.05, 0) is 25.5 Å². The quantitative estimate of drug-likeness (QED) is 0.552. The van der Waals surface area contributed by atoms with Gasteiger partial charge in [0.2, 0.25) is 0 Å². The first-order chi connectivity index (χ1) is 12.0. The summed E-state index contributed by atoms with van der Waals surface area (Å²) in [6.45, 7) is 5.47. The molecular weight excluding hydrogens is 316 g/mol. The Kier molecular flexibility index (Phi) is 4.48. The molecule has 0 aliphatic rings. The van der Waals surface area contributed by atoms with Crippen LogP contribution in [0.5, 0.6) is 0 Å². The van der Waals surface area contributed by atoms with E-state index in [-0.39, 0.29) is 6.42 Å². The molecule has 1 heterocycles. The summed E-state index contributed by atoms with van der Waals surface area (Å²) in [6, 6.07) is 13.7. The van der Waals surface area contributed by atoms with E-state index >= 15 is 0 Å². The van der Waals surface area contributed by atoms with Gasteiger partial charge in [-0.15, -0.1) is 6.58 Å². The molecular formula is C20H18N2O3. The van der Waals surface area contributed by atoms with E-state index in [4.69, 9.17) is 0 Å². The van der Waals surface area contributed by atoms with Crippen molar-refractivity contribution in [3.63, 3.8) is 0 Å². The maximum atomic E-state index is 12.9. The maximum Gasteiger partial charge on any atom is 0.326 e. The van der Waals surface area contributed by atoms with Crippen LogP contribution in [0.25, 0.3) is 21.8 Å². The van der Waals surface area contributed by atoms with Gasteiger partial charge in [0.1, 0.15) is 6.04 Å². The molecule has 3 rings (SSSR count). The van der Waals surface area contributed by atoms with Crippen molar-refractivity contribution in [2.45, 2.75) is 19.4 Å². The third-order valence-electron chi connectivity index (χ3n) is 3.97. The van der Waals surface area contributed by atoms with Gasteiger partial charge in [0, 0.05) is 10.8 Å². The van der Waals surface area contributed by atoms with Crippen LogP contribution in [0.2, 0.25) is 0 Å². The molecule has 1 amide bonds. The number of carbonyl (C=O) groups excluding carboxylic acids is 1. The lowest BCUT2D eigenvalue weighted by Gasteiger charge is -2.16. The van der Waals surface area contributed by atoms with Gasteiger partial charge in [-0.25, -0.2) is 9.78 Å². The average Bonchev–Trinajstić information content (AvgIpc) is 2.58. The van der Waals surface area contributed by atoms with Crippen molar-refractivity contribution >= 4 is 33.7 Å². The van der Waals surface area contributed by atoms with E-state index in [0.29, 0.717) is 32.9 Å². The minimum atomic E-state index is -1.08. The smallest absolute Gasteiger partial charge is 0.326 e. The first-order valence-electron chi connectivity index (χ1n) is 7.93. The van der Waals surface area contributed by atoms with Crippen LogP contribution in [0.3, 0.4) is 0 Å². The van der Waals surface area contributed by atoms with Gasteiger partial charge >= 0.3 is 5.97 Å². The SMILES string of the molecule is C=C(C)C[C@H](NC(=O)c1c2ccccc2nc2ccccc12)C(=O)O. The number of hydrogen-bond donors (Lipinski definition) is 2. The number of pyridine rings is 1. The lowest BCUT2D eigenvalue weighted by molar-refractivity contribution is -0.139. The molecule has 0 fully saturated rings. The summed E-state index contributed by atoms with van der Waals surface area (Å²) >= 11 is 0. The molecule has 0 saturated carbocycles. The molecule has 1 atom stereocenters. The number of aliphatic carboxylic acids is 1. The van der Waals surface area contributed by atoms with Gasteiger partial charge in [0.25, 0.3) is 5.91 Å². The van der Waals surface area contributed by atoms with Gasteiger partial charge in [0.15, 0.2) is 0 Å². The molecule has 25 heavy (non-hydrogen) atoms. The zero-order valence-corrected chi connectivity index (χ0v) is 13.8. The van der Waals surface area contributed by atoms with Crippen molar-refractivity contribution < 1.29 is 14.7 Å². The number of carboxylic acids is 1. The molecule has 2 aromatic carbocycles. The fourth-order valence-corrected chi connectivity index (χ4v) is 2.86. The van der Waals surface area contributed by atoms with Crippen molar-refractivity contribution in [1.29, 1.82) is 0 Å². The second-order valence-electron chi connectivity index (χ2n) is 6.05. The zero-order chi connectivity index (χ0) is 18.0. The van der Waals surface area contributed by atoms with Gasteiger partial charge in [-0.3, -0.25) is 4.79 Å². The third kappa shape index (κ3) is 3.35. The summed E-state index contributed by atoms with van der Waals surface area (Å²) in [6.07, 6.45) is 0.183. The molecule has 3 aromatic rings. The lowest BCUT2D eigenvalue weighted by atomic mass is 10.0. The summed E-state index contributed by atoms with van der Waals surface area (Å²) in [5, 5.41) is 13.4. The first kappa shape index (κ1) is 16.6.